The van der Waals surface area contributed by atoms with Crippen LogP contribution in [0, 0.1) is 0 Å². The average Bonchev–Trinajstić information content (AvgIpc) is 3.02. The maximum atomic E-state index is 11.8. The number of nitrogens with zero attached hydrogens (tertiary/aromatic N) is 4. The molecule has 6 nitrogen and oxygen atoms in total. The van der Waals surface area contributed by atoms with Gasteiger partial charge in [-0.1, -0.05) is 6.07 Å². The third-order valence-electron chi connectivity index (χ3n) is 3.60. The molecule has 0 bridgehead atoms. The topological polar surface area (TPSA) is 72.7 Å². The zero-order chi connectivity index (χ0) is 14.9. The molecule has 0 fully saturated rings. The molecule has 0 spiro atoms. The number of aromatic nitrogens is 4. The number of carbonyl (C=O) groups excluding carboxylic acids is 1. The van der Waals surface area contributed by atoms with Gasteiger partial charge in [0.05, 0.1) is 23.6 Å². The van der Waals surface area contributed by atoms with Crippen LogP contribution in [0.1, 0.15) is 10.5 Å². The van der Waals surface area contributed by atoms with Gasteiger partial charge in [0.15, 0.2) is 0 Å². The van der Waals surface area contributed by atoms with Gasteiger partial charge in [0.25, 0.3) is 5.91 Å². The van der Waals surface area contributed by atoms with Crippen LogP contribution in [0.5, 0.6) is 0 Å². The lowest BCUT2D eigenvalue weighted by atomic mass is 10.1. The first-order chi connectivity index (χ1) is 10.8. The molecule has 1 amide bonds. The summed E-state index contributed by atoms with van der Waals surface area (Å²) in [6, 6.07) is 11.4. The Balaban J connectivity index is 1.76. The van der Waals surface area contributed by atoms with Crippen LogP contribution in [0.25, 0.3) is 22.6 Å². The number of pyridine rings is 2. The molecule has 6 heteroatoms. The number of nitrogens with one attached hydrogen (secondary N) is 1. The number of carbonyl (C=O) groups is 1. The van der Waals surface area contributed by atoms with Crippen molar-refractivity contribution in [3.63, 3.8) is 0 Å². The third kappa shape index (κ3) is 2.14. The Morgan fingerprint density at radius 2 is 1.91 bits per heavy atom. The first-order valence-corrected chi connectivity index (χ1v) is 7.05. The molecule has 108 valence electrons. The summed E-state index contributed by atoms with van der Waals surface area (Å²) in [7, 11) is 0. The first kappa shape index (κ1) is 12.7. The quantitative estimate of drug-likeness (QED) is 0.780. The molecule has 0 saturated carbocycles. The minimum Gasteiger partial charge on any atom is -0.349 e. The van der Waals surface area contributed by atoms with Crippen LogP contribution in [0.15, 0.2) is 48.8 Å². The Labute approximate surface area is 126 Å². The molecular weight excluding hydrogens is 278 g/mol. The van der Waals surface area contributed by atoms with Gasteiger partial charge < -0.3 is 5.32 Å². The molecule has 0 unspecified atom stereocenters. The minimum absolute atomic E-state index is 0.0796. The number of amides is 1. The largest absolute Gasteiger partial charge is 0.349 e. The Kier molecular flexibility index (Phi) is 2.93. The van der Waals surface area contributed by atoms with Gasteiger partial charge >= 0.3 is 0 Å². The van der Waals surface area contributed by atoms with Crippen LogP contribution in [0.2, 0.25) is 0 Å². The summed E-state index contributed by atoms with van der Waals surface area (Å²) in [5.74, 6) is -0.0796. The average molecular weight is 291 g/mol. The zero-order valence-corrected chi connectivity index (χ0v) is 11.7. The normalized spacial score (nSPS) is 13.5. The standard InChI is InChI=1S/C16H13N5O/c22-16-15-10-13(20-21(15)8-7-19-16)11-4-6-18-14(9-11)12-3-1-2-5-17-12/h1-6,9-10H,7-8H2,(H,19,22). The van der Waals surface area contributed by atoms with E-state index in [0.717, 1.165) is 22.6 Å². The number of hydrogen-bond donors (Lipinski definition) is 1. The maximum absolute atomic E-state index is 11.8. The van der Waals surface area contributed by atoms with E-state index in [1.165, 1.54) is 0 Å². The monoisotopic (exact) mass is 291 g/mol. The first-order valence-electron chi connectivity index (χ1n) is 7.05. The molecule has 1 N–H and O–H groups in total. The second-order valence-corrected chi connectivity index (χ2v) is 5.04. The molecule has 0 atom stereocenters. The van der Waals surface area contributed by atoms with Crippen LogP contribution < -0.4 is 5.32 Å². The Hall–Kier alpha value is -3.02. The fourth-order valence-electron chi connectivity index (χ4n) is 2.52. The lowest BCUT2D eigenvalue weighted by Gasteiger charge is -2.13. The van der Waals surface area contributed by atoms with Crippen LogP contribution >= 0.6 is 0 Å². The van der Waals surface area contributed by atoms with Crippen molar-refractivity contribution in [3.05, 3.63) is 54.5 Å². The highest BCUT2D eigenvalue weighted by Crippen LogP contribution is 2.23. The molecule has 0 aromatic carbocycles. The van der Waals surface area contributed by atoms with Gasteiger partial charge in [-0.05, 0) is 30.3 Å². The van der Waals surface area contributed by atoms with Gasteiger partial charge in [-0.25, -0.2) is 0 Å². The van der Waals surface area contributed by atoms with Crippen molar-refractivity contribution in [3.8, 4) is 22.6 Å². The predicted molar refractivity (Wildman–Crippen MR) is 81.0 cm³/mol. The number of rotatable bonds is 2. The van der Waals surface area contributed by atoms with E-state index in [4.69, 9.17) is 0 Å². The van der Waals surface area contributed by atoms with Crippen LogP contribution in [-0.2, 0) is 6.54 Å². The van der Waals surface area contributed by atoms with E-state index in [0.29, 0.717) is 18.8 Å². The highest BCUT2D eigenvalue weighted by atomic mass is 16.2. The maximum Gasteiger partial charge on any atom is 0.269 e. The van der Waals surface area contributed by atoms with Gasteiger partial charge in [-0.3, -0.25) is 19.4 Å². The van der Waals surface area contributed by atoms with Crippen molar-refractivity contribution in [1.82, 2.24) is 25.1 Å². The molecule has 3 aromatic heterocycles. The minimum atomic E-state index is -0.0796. The molecule has 3 aromatic rings. The SMILES string of the molecule is O=C1NCCn2nc(-c3ccnc(-c4ccccn4)c3)cc21. The molecule has 4 rings (SSSR count). The smallest absolute Gasteiger partial charge is 0.269 e. The number of hydrogen-bond acceptors (Lipinski definition) is 4. The summed E-state index contributed by atoms with van der Waals surface area (Å²) >= 11 is 0. The summed E-state index contributed by atoms with van der Waals surface area (Å²) in [6.45, 7) is 1.31. The fourth-order valence-corrected chi connectivity index (χ4v) is 2.52. The van der Waals surface area contributed by atoms with E-state index in [9.17, 15) is 4.79 Å². The lowest BCUT2D eigenvalue weighted by Crippen LogP contribution is -2.35. The zero-order valence-electron chi connectivity index (χ0n) is 11.7. The van der Waals surface area contributed by atoms with Crippen molar-refractivity contribution in [1.29, 1.82) is 0 Å². The Morgan fingerprint density at radius 1 is 1.00 bits per heavy atom. The molecule has 0 radical (unpaired) electrons. The summed E-state index contributed by atoms with van der Waals surface area (Å²) in [5, 5.41) is 7.33. The van der Waals surface area contributed by atoms with Crippen molar-refractivity contribution in [2.75, 3.05) is 6.54 Å². The summed E-state index contributed by atoms with van der Waals surface area (Å²) in [6.07, 6.45) is 3.47. The Morgan fingerprint density at radius 3 is 2.73 bits per heavy atom. The molecule has 22 heavy (non-hydrogen) atoms. The van der Waals surface area contributed by atoms with Crippen LogP contribution in [0.4, 0.5) is 0 Å². The summed E-state index contributed by atoms with van der Waals surface area (Å²) in [4.78, 5) is 20.5. The lowest BCUT2D eigenvalue weighted by molar-refractivity contribution is 0.0924. The summed E-state index contributed by atoms with van der Waals surface area (Å²) < 4.78 is 1.75. The second-order valence-electron chi connectivity index (χ2n) is 5.04. The second kappa shape index (κ2) is 5.07. The molecular formula is C16H13N5O. The van der Waals surface area contributed by atoms with E-state index in [1.807, 2.05) is 36.4 Å². The van der Waals surface area contributed by atoms with Crippen LogP contribution in [-0.4, -0.2) is 32.2 Å². The van der Waals surface area contributed by atoms with E-state index in [2.05, 4.69) is 20.4 Å². The molecule has 4 heterocycles. The molecule has 1 aliphatic heterocycles. The third-order valence-corrected chi connectivity index (χ3v) is 3.60. The van der Waals surface area contributed by atoms with Gasteiger partial charge in [-0.15, -0.1) is 0 Å². The number of fused-ring (bicyclic) bond motifs is 1. The highest BCUT2D eigenvalue weighted by Gasteiger charge is 2.19. The van der Waals surface area contributed by atoms with E-state index < -0.39 is 0 Å². The van der Waals surface area contributed by atoms with E-state index >= 15 is 0 Å². The van der Waals surface area contributed by atoms with Gasteiger partial charge in [0, 0.05) is 24.5 Å². The van der Waals surface area contributed by atoms with Crippen molar-refractivity contribution in [2.24, 2.45) is 0 Å². The van der Waals surface area contributed by atoms with Crippen molar-refractivity contribution in [2.45, 2.75) is 6.54 Å². The highest BCUT2D eigenvalue weighted by molar-refractivity contribution is 5.94. The molecule has 1 aliphatic rings. The predicted octanol–water partition coefficient (Wildman–Crippen LogP) is 1.75. The molecule has 0 aliphatic carbocycles. The van der Waals surface area contributed by atoms with Gasteiger partial charge in [0.1, 0.15) is 5.69 Å². The van der Waals surface area contributed by atoms with Crippen LogP contribution in [0.3, 0.4) is 0 Å². The summed E-state index contributed by atoms with van der Waals surface area (Å²) in [5.41, 5.74) is 3.88. The van der Waals surface area contributed by atoms with Crippen molar-refractivity contribution >= 4 is 5.91 Å². The van der Waals surface area contributed by atoms with Crippen molar-refractivity contribution < 1.29 is 4.79 Å². The van der Waals surface area contributed by atoms with Gasteiger partial charge in [-0.2, -0.15) is 5.10 Å². The van der Waals surface area contributed by atoms with E-state index in [1.54, 1.807) is 17.1 Å². The molecule has 0 saturated heterocycles. The van der Waals surface area contributed by atoms with Gasteiger partial charge in [0.2, 0.25) is 0 Å². The van der Waals surface area contributed by atoms with E-state index in [-0.39, 0.29) is 5.91 Å². The Bertz CT molecular complexity index is 841. The fraction of sp³-hybridized carbons (Fsp3) is 0.125.